The van der Waals surface area contributed by atoms with Crippen LogP contribution < -0.4 is 10.5 Å². The van der Waals surface area contributed by atoms with E-state index in [-0.39, 0.29) is 0 Å². The quantitative estimate of drug-likeness (QED) is 0.679. The van der Waals surface area contributed by atoms with Gasteiger partial charge >= 0.3 is 0 Å². The van der Waals surface area contributed by atoms with Crippen LogP contribution in [0, 0.1) is 0 Å². The molecule has 0 atom stereocenters. The topological polar surface area (TPSA) is 62.3 Å². The van der Waals surface area contributed by atoms with E-state index in [9.17, 15) is 0 Å². The molecule has 0 aliphatic rings. The van der Waals surface area contributed by atoms with E-state index in [1.54, 1.807) is 25.1 Å². The lowest BCUT2D eigenvalue weighted by atomic mass is 10.4. The van der Waals surface area contributed by atoms with E-state index < -0.39 is 0 Å². The molecule has 5 heteroatoms. The van der Waals surface area contributed by atoms with E-state index in [0.717, 1.165) is 13.0 Å². The Kier molecular flexibility index (Phi) is 3.57. The highest BCUT2D eigenvalue weighted by Gasteiger charge is 2.06. The number of rotatable bonds is 5. The summed E-state index contributed by atoms with van der Waals surface area (Å²) in [6, 6.07) is 0. The van der Waals surface area contributed by atoms with Crippen molar-refractivity contribution < 1.29 is 9.47 Å². The van der Waals surface area contributed by atoms with Gasteiger partial charge in [0.25, 0.3) is 0 Å². The van der Waals surface area contributed by atoms with Gasteiger partial charge in [-0.25, -0.2) is 4.68 Å². The molecular formula is C8H15N3O2. The number of nitrogens with zero attached hydrogens (tertiary/aromatic N) is 2. The van der Waals surface area contributed by atoms with Gasteiger partial charge in [-0.05, 0) is 6.42 Å². The third-order valence-corrected chi connectivity index (χ3v) is 1.73. The molecule has 0 amide bonds. The maximum atomic E-state index is 5.62. The van der Waals surface area contributed by atoms with Crippen LogP contribution in [0.1, 0.15) is 6.42 Å². The number of nitrogens with two attached hydrogens (primary N) is 1. The molecule has 0 unspecified atom stereocenters. The third kappa shape index (κ3) is 2.35. The number of ether oxygens (including phenoxy) is 2. The van der Waals surface area contributed by atoms with Crippen LogP contribution in [-0.4, -0.2) is 30.6 Å². The first kappa shape index (κ1) is 9.85. The van der Waals surface area contributed by atoms with E-state index in [4.69, 9.17) is 15.2 Å². The third-order valence-electron chi connectivity index (χ3n) is 1.73. The van der Waals surface area contributed by atoms with Crippen molar-refractivity contribution >= 4 is 5.69 Å². The number of hydrogen-bond acceptors (Lipinski definition) is 4. The smallest absolute Gasteiger partial charge is 0.235 e. The molecule has 0 fully saturated rings. The Bertz CT molecular complexity index is 260. The molecule has 0 saturated carbocycles. The molecule has 0 aromatic carbocycles. The normalized spacial score (nSPS) is 10.3. The highest BCUT2D eigenvalue weighted by atomic mass is 16.5. The summed E-state index contributed by atoms with van der Waals surface area (Å²) in [5.41, 5.74) is 6.19. The number of aromatic nitrogens is 2. The molecule has 1 heterocycles. The van der Waals surface area contributed by atoms with Crippen LogP contribution in [-0.2, 0) is 11.3 Å². The van der Waals surface area contributed by atoms with Gasteiger partial charge in [0, 0.05) is 20.3 Å². The van der Waals surface area contributed by atoms with Gasteiger partial charge in [-0.15, -0.1) is 0 Å². The van der Waals surface area contributed by atoms with Crippen molar-refractivity contribution in [3.8, 4) is 5.88 Å². The fraction of sp³-hybridized carbons (Fsp3) is 0.625. The standard InChI is InChI=1S/C8H15N3O2/c1-12-5-3-4-11-8(13-2)7(9)6-10-11/h6H,3-5,9H2,1-2H3. The molecule has 0 bridgehead atoms. The minimum absolute atomic E-state index is 0.569. The molecule has 0 spiro atoms. The van der Waals surface area contributed by atoms with E-state index >= 15 is 0 Å². The Hall–Kier alpha value is -1.23. The fourth-order valence-corrected chi connectivity index (χ4v) is 1.13. The van der Waals surface area contributed by atoms with Gasteiger partial charge in [0.2, 0.25) is 5.88 Å². The number of anilines is 1. The Morgan fingerprint density at radius 1 is 1.54 bits per heavy atom. The summed E-state index contributed by atoms with van der Waals surface area (Å²) in [5, 5.41) is 4.07. The molecule has 0 aliphatic carbocycles. The second-order valence-electron chi connectivity index (χ2n) is 2.68. The Balaban J connectivity index is 2.55. The van der Waals surface area contributed by atoms with Crippen molar-refractivity contribution in [2.75, 3.05) is 26.6 Å². The van der Waals surface area contributed by atoms with Crippen molar-refractivity contribution in [3.63, 3.8) is 0 Å². The zero-order valence-electron chi connectivity index (χ0n) is 7.99. The zero-order chi connectivity index (χ0) is 9.68. The number of nitrogen functional groups attached to an aromatic ring is 1. The van der Waals surface area contributed by atoms with Gasteiger partial charge in [0.05, 0.1) is 13.3 Å². The molecule has 74 valence electrons. The van der Waals surface area contributed by atoms with Crippen molar-refractivity contribution in [2.45, 2.75) is 13.0 Å². The van der Waals surface area contributed by atoms with Gasteiger partial charge < -0.3 is 15.2 Å². The van der Waals surface area contributed by atoms with Crippen LogP contribution in [0.15, 0.2) is 6.20 Å². The summed E-state index contributed by atoms with van der Waals surface area (Å²) in [7, 11) is 3.26. The second kappa shape index (κ2) is 4.71. The summed E-state index contributed by atoms with van der Waals surface area (Å²) in [6.07, 6.45) is 2.49. The molecule has 2 N–H and O–H groups in total. The largest absolute Gasteiger partial charge is 0.480 e. The molecule has 1 rings (SSSR count). The monoisotopic (exact) mass is 185 g/mol. The van der Waals surface area contributed by atoms with E-state index in [1.165, 1.54) is 0 Å². The van der Waals surface area contributed by atoms with Crippen LogP contribution in [0.25, 0.3) is 0 Å². The SMILES string of the molecule is COCCCn1ncc(N)c1OC. The van der Waals surface area contributed by atoms with Crippen molar-refractivity contribution in [1.82, 2.24) is 9.78 Å². The molecule has 1 aromatic rings. The first-order valence-electron chi connectivity index (χ1n) is 4.13. The van der Waals surface area contributed by atoms with Gasteiger partial charge in [-0.1, -0.05) is 0 Å². The van der Waals surface area contributed by atoms with E-state index in [1.807, 2.05) is 0 Å². The Labute approximate surface area is 77.4 Å². The zero-order valence-corrected chi connectivity index (χ0v) is 7.99. The molecule has 13 heavy (non-hydrogen) atoms. The lowest BCUT2D eigenvalue weighted by Crippen LogP contribution is -2.05. The predicted molar refractivity (Wildman–Crippen MR) is 49.7 cm³/mol. The summed E-state index contributed by atoms with van der Waals surface area (Å²) >= 11 is 0. The summed E-state index contributed by atoms with van der Waals surface area (Å²) in [6.45, 7) is 1.47. The number of aryl methyl sites for hydroxylation is 1. The van der Waals surface area contributed by atoms with Crippen molar-refractivity contribution in [2.24, 2.45) is 0 Å². The van der Waals surface area contributed by atoms with Crippen molar-refractivity contribution in [1.29, 1.82) is 0 Å². The molecular weight excluding hydrogens is 170 g/mol. The summed E-state index contributed by atoms with van der Waals surface area (Å²) < 4.78 is 11.7. The predicted octanol–water partition coefficient (Wildman–Crippen LogP) is 0.510. The lowest BCUT2D eigenvalue weighted by molar-refractivity contribution is 0.187. The van der Waals surface area contributed by atoms with Crippen LogP contribution in [0.2, 0.25) is 0 Å². The highest BCUT2D eigenvalue weighted by Crippen LogP contribution is 2.19. The maximum absolute atomic E-state index is 5.62. The highest BCUT2D eigenvalue weighted by molar-refractivity contribution is 5.46. The molecule has 0 radical (unpaired) electrons. The fourth-order valence-electron chi connectivity index (χ4n) is 1.13. The van der Waals surface area contributed by atoms with E-state index in [2.05, 4.69) is 5.10 Å². The van der Waals surface area contributed by atoms with Gasteiger partial charge in [0.15, 0.2) is 0 Å². The average Bonchev–Trinajstić information content (AvgIpc) is 2.47. The van der Waals surface area contributed by atoms with E-state index in [0.29, 0.717) is 18.2 Å². The minimum atomic E-state index is 0.569. The molecule has 0 saturated heterocycles. The molecule has 0 aliphatic heterocycles. The minimum Gasteiger partial charge on any atom is -0.480 e. The van der Waals surface area contributed by atoms with Gasteiger partial charge in [-0.2, -0.15) is 5.10 Å². The molecule has 1 aromatic heterocycles. The average molecular weight is 185 g/mol. The second-order valence-corrected chi connectivity index (χ2v) is 2.68. The first-order valence-corrected chi connectivity index (χ1v) is 4.13. The first-order chi connectivity index (χ1) is 6.29. The summed E-state index contributed by atoms with van der Waals surface area (Å²) in [5.74, 6) is 0.621. The van der Waals surface area contributed by atoms with Crippen LogP contribution in [0.3, 0.4) is 0 Å². The van der Waals surface area contributed by atoms with Gasteiger partial charge in [0.1, 0.15) is 5.69 Å². The van der Waals surface area contributed by atoms with Gasteiger partial charge in [-0.3, -0.25) is 0 Å². The Morgan fingerprint density at radius 3 is 2.92 bits per heavy atom. The molecule has 5 nitrogen and oxygen atoms in total. The summed E-state index contributed by atoms with van der Waals surface area (Å²) in [4.78, 5) is 0. The van der Waals surface area contributed by atoms with Crippen LogP contribution >= 0.6 is 0 Å². The number of hydrogen-bond donors (Lipinski definition) is 1. The Morgan fingerprint density at radius 2 is 2.31 bits per heavy atom. The van der Waals surface area contributed by atoms with Crippen LogP contribution in [0.4, 0.5) is 5.69 Å². The lowest BCUT2D eigenvalue weighted by Gasteiger charge is -2.05. The van der Waals surface area contributed by atoms with Crippen molar-refractivity contribution in [3.05, 3.63) is 6.20 Å². The van der Waals surface area contributed by atoms with Crippen LogP contribution in [0.5, 0.6) is 5.88 Å². The maximum Gasteiger partial charge on any atom is 0.235 e. The number of methoxy groups -OCH3 is 2.